The minimum absolute atomic E-state index is 0.559. The lowest BCUT2D eigenvalue weighted by molar-refractivity contribution is 0.171. The molecule has 0 saturated heterocycles. The monoisotopic (exact) mass is 333 g/mol. The van der Waals surface area contributed by atoms with Crippen molar-refractivity contribution >= 4 is 11.1 Å². The van der Waals surface area contributed by atoms with Gasteiger partial charge in [-0.05, 0) is 24.3 Å². The maximum atomic E-state index is 6.14. The Morgan fingerprint density at radius 2 is 1.88 bits per heavy atom. The fraction of sp³-hybridized carbons (Fsp3) is 0.158. The smallest absolute Gasteiger partial charge is 0.162 e. The number of ether oxygens (including phenoxy) is 2. The van der Waals surface area contributed by atoms with Crippen LogP contribution in [0.2, 0.25) is 0 Å². The summed E-state index contributed by atoms with van der Waals surface area (Å²) in [6, 6.07) is 9.70. The van der Waals surface area contributed by atoms with E-state index in [0.717, 1.165) is 45.0 Å². The molecule has 0 aliphatic carbocycles. The van der Waals surface area contributed by atoms with E-state index in [1.807, 2.05) is 49.8 Å². The normalized spacial score (nSPS) is 13.3. The highest BCUT2D eigenvalue weighted by atomic mass is 16.6. The van der Waals surface area contributed by atoms with Gasteiger partial charge in [-0.1, -0.05) is 0 Å². The van der Waals surface area contributed by atoms with Gasteiger partial charge in [0.2, 0.25) is 0 Å². The summed E-state index contributed by atoms with van der Waals surface area (Å²) in [6.45, 7) is 1.14. The summed E-state index contributed by atoms with van der Waals surface area (Å²) in [5.74, 6) is 2.25. The zero-order chi connectivity index (χ0) is 16.8. The summed E-state index contributed by atoms with van der Waals surface area (Å²) >= 11 is 0. The van der Waals surface area contributed by atoms with Crippen molar-refractivity contribution in [1.82, 2.24) is 14.8 Å². The van der Waals surface area contributed by atoms with Crippen LogP contribution in [0.3, 0.4) is 0 Å². The lowest BCUT2D eigenvalue weighted by atomic mass is 10.1. The van der Waals surface area contributed by atoms with E-state index in [-0.39, 0.29) is 0 Å². The summed E-state index contributed by atoms with van der Waals surface area (Å²) in [4.78, 5) is 4.43. The van der Waals surface area contributed by atoms with Gasteiger partial charge in [-0.2, -0.15) is 5.10 Å². The molecule has 1 aliphatic heterocycles. The first-order valence-electron chi connectivity index (χ1n) is 8.05. The van der Waals surface area contributed by atoms with Gasteiger partial charge in [-0.15, -0.1) is 0 Å². The lowest BCUT2D eigenvalue weighted by Gasteiger charge is -2.18. The van der Waals surface area contributed by atoms with E-state index >= 15 is 0 Å². The fourth-order valence-corrected chi connectivity index (χ4v) is 3.06. The third-order valence-corrected chi connectivity index (χ3v) is 4.25. The molecule has 124 valence electrons. The van der Waals surface area contributed by atoms with Gasteiger partial charge in [0.15, 0.2) is 17.1 Å². The first-order chi connectivity index (χ1) is 12.3. The highest BCUT2D eigenvalue weighted by Crippen LogP contribution is 2.37. The predicted molar refractivity (Wildman–Crippen MR) is 92.6 cm³/mol. The van der Waals surface area contributed by atoms with Crippen LogP contribution in [0.1, 0.15) is 0 Å². The Bertz CT molecular complexity index is 1080. The molecule has 0 radical (unpaired) electrons. The molecule has 0 fully saturated rings. The van der Waals surface area contributed by atoms with E-state index in [0.29, 0.717) is 13.2 Å². The van der Waals surface area contributed by atoms with Gasteiger partial charge >= 0.3 is 0 Å². The van der Waals surface area contributed by atoms with Crippen molar-refractivity contribution in [3.63, 3.8) is 0 Å². The van der Waals surface area contributed by atoms with E-state index in [4.69, 9.17) is 13.9 Å². The Kier molecular flexibility index (Phi) is 3.03. The van der Waals surface area contributed by atoms with Crippen molar-refractivity contribution in [2.24, 2.45) is 7.05 Å². The number of pyridine rings is 1. The number of hydrogen-bond donors (Lipinski definition) is 0. The molecular formula is C19H15N3O3. The van der Waals surface area contributed by atoms with Crippen LogP contribution < -0.4 is 9.47 Å². The maximum absolute atomic E-state index is 6.14. The van der Waals surface area contributed by atoms with Crippen LogP contribution in [0.4, 0.5) is 0 Å². The average molecular weight is 333 g/mol. The zero-order valence-corrected chi connectivity index (χ0v) is 13.6. The molecular weight excluding hydrogens is 318 g/mol. The van der Waals surface area contributed by atoms with Crippen molar-refractivity contribution in [2.75, 3.05) is 13.2 Å². The van der Waals surface area contributed by atoms with Gasteiger partial charge < -0.3 is 13.9 Å². The van der Waals surface area contributed by atoms with E-state index in [9.17, 15) is 0 Å². The molecule has 4 heterocycles. The molecule has 25 heavy (non-hydrogen) atoms. The van der Waals surface area contributed by atoms with E-state index in [1.165, 1.54) is 0 Å². The van der Waals surface area contributed by atoms with Crippen molar-refractivity contribution in [3.8, 4) is 33.9 Å². The molecule has 3 aromatic heterocycles. The first-order valence-corrected chi connectivity index (χ1v) is 8.05. The van der Waals surface area contributed by atoms with Crippen LogP contribution in [0.15, 0.2) is 53.3 Å². The summed E-state index contributed by atoms with van der Waals surface area (Å²) in [5, 5.41) is 4.24. The molecule has 0 amide bonds. The Morgan fingerprint density at radius 1 is 1.00 bits per heavy atom. The van der Waals surface area contributed by atoms with Crippen LogP contribution in [-0.4, -0.2) is 28.0 Å². The van der Waals surface area contributed by atoms with Gasteiger partial charge in [-0.25, -0.2) is 0 Å². The maximum Gasteiger partial charge on any atom is 0.162 e. The van der Waals surface area contributed by atoms with Gasteiger partial charge in [0.25, 0.3) is 0 Å². The summed E-state index contributed by atoms with van der Waals surface area (Å²) in [6.07, 6.45) is 5.57. The van der Waals surface area contributed by atoms with E-state index in [1.54, 1.807) is 10.9 Å². The van der Waals surface area contributed by atoms with Crippen LogP contribution in [0.5, 0.6) is 11.5 Å². The second-order valence-electron chi connectivity index (χ2n) is 5.94. The molecule has 6 heteroatoms. The Labute approximate surface area is 143 Å². The highest BCUT2D eigenvalue weighted by molar-refractivity contribution is 5.92. The second-order valence-corrected chi connectivity index (χ2v) is 5.94. The number of furan rings is 1. The standard InChI is InChI=1S/C19H15N3O3/c1-22-11-13(10-21-22)14-4-5-20-15-9-17(25-19(14)15)12-2-3-16-18(8-12)24-7-6-23-16/h2-5,8-11H,6-7H2,1H3. The molecule has 0 bridgehead atoms. The quantitative estimate of drug-likeness (QED) is 0.560. The molecule has 0 unspecified atom stereocenters. The van der Waals surface area contributed by atoms with Crippen LogP contribution >= 0.6 is 0 Å². The molecule has 0 spiro atoms. The Balaban J connectivity index is 1.63. The van der Waals surface area contributed by atoms with Gasteiger partial charge in [-0.3, -0.25) is 9.67 Å². The van der Waals surface area contributed by atoms with Gasteiger partial charge in [0.05, 0.1) is 6.20 Å². The lowest BCUT2D eigenvalue weighted by Crippen LogP contribution is -2.15. The number of rotatable bonds is 2. The fourth-order valence-electron chi connectivity index (χ4n) is 3.06. The molecule has 5 rings (SSSR count). The van der Waals surface area contributed by atoms with Crippen molar-refractivity contribution in [1.29, 1.82) is 0 Å². The largest absolute Gasteiger partial charge is 0.486 e. The van der Waals surface area contributed by atoms with Crippen LogP contribution in [0.25, 0.3) is 33.6 Å². The van der Waals surface area contributed by atoms with Crippen molar-refractivity contribution in [2.45, 2.75) is 0 Å². The van der Waals surface area contributed by atoms with E-state index < -0.39 is 0 Å². The minimum Gasteiger partial charge on any atom is -0.486 e. The Morgan fingerprint density at radius 3 is 2.72 bits per heavy atom. The first kappa shape index (κ1) is 14.1. The molecule has 4 aromatic rings. The average Bonchev–Trinajstić information content (AvgIpc) is 3.27. The highest BCUT2D eigenvalue weighted by Gasteiger charge is 2.16. The zero-order valence-electron chi connectivity index (χ0n) is 13.6. The number of hydrogen-bond acceptors (Lipinski definition) is 5. The molecule has 0 saturated carbocycles. The van der Waals surface area contributed by atoms with Gasteiger partial charge in [0.1, 0.15) is 24.5 Å². The number of aromatic nitrogens is 3. The molecule has 6 nitrogen and oxygen atoms in total. The molecule has 1 aromatic carbocycles. The van der Waals surface area contributed by atoms with Crippen molar-refractivity contribution < 1.29 is 13.9 Å². The number of fused-ring (bicyclic) bond motifs is 2. The summed E-state index contributed by atoms with van der Waals surface area (Å²) in [5.41, 5.74) is 4.46. The number of aryl methyl sites for hydroxylation is 1. The SMILES string of the molecule is Cn1cc(-c2ccnc3cc(-c4ccc5c(c4)OCCO5)oc23)cn1. The minimum atomic E-state index is 0.559. The Hall–Kier alpha value is -3.28. The number of benzene rings is 1. The topological polar surface area (TPSA) is 62.3 Å². The molecule has 0 N–H and O–H groups in total. The summed E-state index contributed by atoms with van der Waals surface area (Å²) < 4.78 is 19.2. The van der Waals surface area contributed by atoms with Crippen LogP contribution in [0, 0.1) is 0 Å². The molecule has 1 aliphatic rings. The molecule has 0 atom stereocenters. The second kappa shape index (κ2) is 5.37. The summed E-state index contributed by atoms with van der Waals surface area (Å²) in [7, 11) is 1.89. The van der Waals surface area contributed by atoms with Crippen molar-refractivity contribution in [3.05, 3.63) is 48.9 Å². The van der Waals surface area contributed by atoms with E-state index in [2.05, 4.69) is 10.1 Å². The third-order valence-electron chi connectivity index (χ3n) is 4.25. The van der Waals surface area contributed by atoms with Gasteiger partial charge in [0, 0.05) is 42.2 Å². The third kappa shape index (κ3) is 2.34. The number of nitrogens with zero attached hydrogens (tertiary/aromatic N) is 3. The van der Waals surface area contributed by atoms with Crippen LogP contribution in [-0.2, 0) is 7.05 Å². The predicted octanol–water partition coefficient (Wildman–Crippen LogP) is 3.67.